The molecule has 1 amide bonds. The fourth-order valence-corrected chi connectivity index (χ4v) is 4.01. The van der Waals surface area contributed by atoms with E-state index in [9.17, 15) is 9.18 Å². The minimum absolute atomic E-state index is 0.139. The lowest BCUT2D eigenvalue weighted by Gasteiger charge is -2.53. The lowest BCUT2D eigenvalue weighted by molar-refractivity contribution is -0.165. The molecular formula is C18H18FN3O3. The van der Waals surface area contributed by atoms with E-state index in [-0.39, 0.29) is 23.1 Å². The van der Waals surface area contributed by atoms with Crippen molar-refractivity contribution in [3.05, 3.63) is 36.0 Å². The van der Waals surface area contributed by atoms with Gasteiger partial charge in [-0.25, -0.2) is 9.37 Å². The molecule has 1 aliphatic carbocycles. The van der Waals surface area contributed by atoms with Crippen LogP contribution >= 0.6 is 0 Å². The normalized spacial score (nSPS) is 20.5. The Balaban J connectivity index is 1.42. The zero-order chi connectivity index (χ0) is 17.0. The van der Waals surface area contributed by atoms with E-state index < -0.39 is 5.82 Å². The number of aromatic nitrogens is 2. The number of carbonyl (C=O) groups excluding carboxylic acids is 1. The molecule has 3 aliphatic rings. The first-order valence-corrected chi connectivity index (χ1v) is 8.49. The molecule has 2 fully saturated rings. The van der Waals surface area contributed by atoms with Crippen LogP contribution in [0.3, 0.4) is 0 Å². The topological polar surface area (TPSA) is 65.4 Å². The first-order chi connectivity index (χ1) is 12.1. The molecule has 1 N–H and O–H groups in total. The second-order valence-corrected chi connectivity index (χ2v) is 7.23. The highest BCUT2D eigenvalue weighted by atomic mass is 19.1. The third-order valence-electron chi connectivity index (χ3n) is 5.38. The molecule has 2 aromatic rings. The largest absolute Gasteiger partial charge is 0.488 e. The number of fused-ring (bicyclic) bond motifs is 3. The van der Waals surface area contributed by atoms with Crippen molar-refractivity contribution in [2.24, 2.45) is 5.41 Å². The fourth-order valence-electron chi connectivity index (χ4n) is 4.01. The van der Waals surface area contributed by atoms with Gasteiger partial charge in [-0.05, 0) is 25.0 Å². The van der Waals surface area contributed by atoms with Gasteiger partial charge in [0.15, 0.2) is 11.6 Å². The summed E-state index contributed by atoms with van der Waals surface area (Å²) < 4.78 is 27.2. The van der Waals surface area contributed by atoms with E-state index in [1.165, 1.54) is 6.07 Å². The predicted molar refractivity (Wildman–Crippen MR) is 86.9 cm³/mol. The Morgan fingerprint density at radius 2 is 2.20 bits per heavy atom. The molecule has 7 heteroatoms. The number of benzene rings is 1. The maximum Gasteiger partial charge on any atom is 0.251 e. The maximum absolute atomic E-state index is 14.5. The predicted octanol–water partition coefficient (Wildman–Crippen LogP) is 1.99. The SMILES string of the molecule is O=C(NC1CC2(COC2)C1)c1cc(F)c2c(c1)-c1cncn1CCO2. The van der Waals surface area contributed by atoms with Crippen LogP contribution in [0.15, 0.2) is 24.7 Å². The number of rotatable bonds is 2. The third-order valence-corrected chi connectivity index (χ3v) is 5.38. The molecule has 3 heterocycles. The van der Waals surface area contributed by atoms with E-state index in [0.29, 0.717) is 24.3 Å². The van der Waals surface area contributed by atoms with Gasteiger partial charge in [0, 0.05) is 22.6 Å². The second-order valence-electron chi connectivity index (χ2n) is 7.23. The van der Waals surface area contributed by atoms with Crippen molar-refractivity contribution in [2.75, 3.05) is 19.8 Å². The molecule has 0 unspecified atom stereocenters. The van der Waals surface area contributed by atoms with Crippen molar-refractivity contribution in [3.63, 3.8) is 0 Å². The number of halogens is 1. The quantitative estimate of drug-likeness (QED) is 0.906. The number of hydrogen-bond acceptors (Lipinski definition) is 4. The van der Waals surface area contributed by atoms with E-state index >= 15 is 0 Å². The summed E-state index contributed by atoms with van der Waals surface area (Å²) in [6.45, 7) is 2.53. The van der Waals surface area contributed by atoms with Crippen molar-refractivity contribution in [1.29, 1.82) is 0 Å². The summed E-state index contributed by atoms with van der Waals surface area (Å²) in [4.78, 5) is 16.7. The van der Waals surface area contributed by atoms with Crippen LogP contribution in [0.4, 0.5) is 4.39 Å². The van der Waals surface area contributed by atoms with Gasteiger partial charge in [0.1, 0.15) is 6.61 Å². The number of nitrogens with one attached hydrogen (secondary N) is 1. The van der Waals surface area contributed by atoms with Gasteiger partial charge < -0.3 is 19.4 Å². The van der Waals surface area contributed by atoms with Crippen molar-refractivity contribution < 1.29 is 18.7 Å². The summed E-state index contributed by atoms with van der Waals surface area (Å²) >= 11 is 0. The van der Waals surface area contributed by atoms with Gasteiger partial charge in [0.25, 0.3) is 5.91 Å². The maximum atomic E-state index is 14.5. The molecule has 0 radical (unpaired) electrons. The van der Waals surface area contributed by atoms with Gasteiger partial charge in [-0.1, -0.05) is 0 Å². The van der Waals surface area contributed by atoms with E-state index in [2.05, 4.69) is 10.3 Å². The molecular weight excluding hydrogens is 325 g/mol. The average molecular weight is 343 g/mol. The van der Waals surface area contributed by atoms with E-state index in [4.69, 9.17) is 9.47 Å². The van der Waals surface area contributed by atoms with E-state index in [0.717, 1.165) is 31.7 Å². The van der Waals surface area contributed by atoms with E-state index in [1.54, 1.807) is 18.6 Å². The molecule has 1 saturated carbocycles. The van der Waals surface area contributed by atoms with Crippen LogP contribution in [0.5, 0.6) is 5.75 Å². The van der Waals surface area contributed by atoms with E-state index in [1.807, 2.05) is 4.57 Å². The Kier molecular flexibility index (Phi) is 3.15. The van der Waals surface area contributed by atoms with Crippen molar-refractivity contribution in [3.8, 4) is 17.0 Å². The molecule has 0 atom stereocenters. The van der Waals surface area contributed by atoms with Crippen molar-refractivity contribution in [2.45, 2.75) is 25.4 Å². The standard InChI is InChI=1S/C18H18FN3O3/c19-14-4-11(17(23)21-12-5-18(6-12)8-24-9-18)3-13-15-7-20-10-22(15)1-2-25-16(13)14/h3-4,7,10,12H,1-2,5-6,8-9H2,(H,21,23). The Morgan fingerprint density at radius 1 is 1.36 bits per heavy atom. The number of imidazole rings is 1. The van der Waals surface area contributed by atoms with Crippen LogP contribution in [0.1, 0.15) is 23.2 Å². The zero-order valence-electron chi connectivity index (χ0n) is 13.6. The van der Waals surface area contributed by atoms with Crippen molar-refractivity contribution in [1.82, 2.24) is 14.9 Å². The highest BCUT2D eigenvalue weighted by Gasteiger charge is 2.50. The van der Waals surface area contributed by atoms with Gasteiger partial charge in [-0.3, -0.25) is 4.79 Å². The smallest absolute Gasteiger partial charge is 0.251 e. The number of amides is 1. The van der Waals surface area contributed by atoms with Crippen LogP contribution in [-0.2, 0) is 11.3 Å². The molecule has 25 heavy (non-hydrogen) atoms. The van der Waals surface area contributed by atoms with Crippen LogP contribution in [0.25, 0.3) is 11.3 Å². The van der Waals surface area contributed by atoms with Gasteiger partial charge in [-0.15, -0.1) is 0 Å². The highest BCUT2D eigenvalue weighted by Crippen LogP contribution is 2.47. The van der Waals surface area contributed by atoms with Crippen LogP contribution in [-0.4, -0.2) is 41.3 Å². The highest BCUT2D eigenvalue weighted by molar-refractivity contribution is 5.96. The van der Waals surface area contributed by atoms with Gasteiger partial charge >= 0.3 is 0 Å². The van der Waals surface area contributed by atoms with Crippen LogP contribution in [0, 0.1) is 11.2 Å². The molecule has 2 aliphatic heterocycles. The average Bonchev–Trinajstić information content (AvgIpc) is 2.91. The molecule has 1 aromatic heterocycles. The Morgan fingerprint density at radius 3 is 2.96 bits per heavy atom. The fraction of sp³-hybridized carbons (Fsp3) is 0.444. The Bertz CT molecular complexity index is 851. The molecule has 0 bridgehead atoms. The number of nitrogens with zero attached hydrogens (tertiary/aromatic N) is 2. The third kappa shape index (κ3) is 2.33. The monoisotopic (exact) mass is 343 g/mol. The minimum atomic E-state index is -0.519. The Hall–Kier alpha value is -2.41. The lowest BCUT2D eigenvalue weighted by Crippen LogP contribution is -2.59. The van der Waals surface area contributed by atoms with Crippen molar-refractivity contribution >= 4 is 5.91 Å². The number of carbonyl (C=O) groups is 1. The molecule has 6 nitrogen and oxygen atoms in total. The first-order valence-electron chi connectivity index (χ1n) is 8.49. The first kappa shape index (κ1) is 14.9. The summed E-state index contributed by atoms with van der Waals surface area (Å²) in [7, 11) is 0. The van der Waals surface area contributed by atoms with Gasteiger partial charge in [0.2, 0.25) is 0 Å². The summed E-state index contributed by atoms with van der Waals surface area (Å²) in [6.07, 6.45) is 5.22. The number of ether oxygens (including phenoxy) is 2. The summed E-state index contributed by atoms with van der Waals surface area (Å²) in [5, 5.41) is 3.00. The summed E-state index contributed by atoms with van der Waals surface area (Å²) in [5.41, 5.74) is 1.91. The second kappa shape index (κ2) is 5.29. The molecule has 1 aromatic carbocycles. The molecule has 1 saturated heterocycles. The zero-order valence-corrected chi connectivity index (χ0v) is 13.6. The molecule has 130 valence electrons. The number of hydrogen-bond donors (Lipinski definition) is 1. The molecule has 1 spiro atoms. The van der Waals surface area contributed by atoms with Crippen LogP contribution < -0.4 is 10.1 Å². The molecule has 5 rings (SSSR count). The lowest BCUT2D eigenvalue weighted by atomic mass is 9.64. The Labute approximate surface area is 143 Å². The summed E-state index contributed by atoms with van der Waals surface area (Å²) in [5.74, 6) is -0.586. The van der Waals surface area contributed by atoms with Gasteiger partial charge in [-0.2, -0.15) is 0 Å². The minimum Gasteiger partial charge on any atom is -0.488 e. The summed E-state index contributed by atoms with van der Waals surface area (Å²) in [6, 6.07) is 3.08. The van der Waals surface area contributed by atoms with Gasteiger partial charge in [0.05, 0.1) is 38.0 Å². The van der Waals surface area contributed by atoms with Crippen LogP contribution in [0.2, 0.25) is 0 Å².